The second-order valence-electron chi connectivity index (χ2n) is 3.65. The van der Waals surface area contributed by atoms with Crippen LogP contribution >= 0.6 is 0 Å². The summed E-state index contributed by atoms with van der Waals surface area (Å²) in [6.07, 6.45) is 1.34. The molecule has 0 aliphatic rings. The van der Waals surface area contributed by atoms with E-state index >= 15 is 0 Å². The van der Waals surface area contributed by atoms with Gasteiger partial charge in [0.05, 0.1) is 6.54 Å². The van der Waals surface area contributed by atoms with E-state index in [1.807, 2.05) is 0 Å². The molecule has 0 fully saturated rings. The van der Waals surface area contributed by atoms with Crippen molar-refractivity contribution in [2.24, 2.45) is 0 Å². The molecule has 90 valence electrons. The van der Waals surface area contributed by atoms with E-state index in [1.165, 1.54) is 11.1 Å². The monoisotopic (exact) mass is 236 g/mol. The van der Waals surface area contributed by atoms with E-state index in [2.05, 4.69) is 25.1 Å². The third-order valence-electron chi connectivity index (χ3n) is 2.20. The van der Waals surface area contributed by atoms with Crippen LogP contribution in [0.25, 0.3) is 0 Å². The number of aromatic nitrogens is 5. The molecule has 2 aromatic rings. The van der Waals surface area contributed by atoms with E-state index in [0.29, 0.717) is 11.6 Å². The zero-order valence-corrected chi connectivity index (χ0v) is 9.44. The van der Waals surface area contributed by atoms with Gasteiger partial charge in [0.25, 0.3) is 5.91 Å². The Morgan fingerprint density at radius 1 is 1.53 bits per heavy atom. The number of nitrogens with zero attached hydrogens (tertiary/aromatic N) is 3. The van der Waals surface area contributed by atoms with Crippen LogP contribution in [0.5, 0.6) is 0 Å². The smallest absolute Gasteiger partial charge is 0.323 e. The Morgan fingerprint density at radius 2 is 2.29 bits per heavy atom. The normalized spacial score (nSPS) is 10.5. The predicted octanol–water partition coefficient (Wildman–Crippen LogP) is -0.598. The number of aryl methyl sites for hydroxylation is 1. The highest BCUT2D eigenvalue weighted by Gasteiger charge is 2.15. The molecule has 0 spiro atoms. The molecule has 0 saturated carbocycles. The van der Waals surface area contributed by atoms with Gasteiger partial charge in [-0.05, 0) is 6.92 Å². The van der Waals surface area contributed by atoms with Crippen LogP contribution in [0.15, 0.2) is 11.0 Å². The molecule has 0 aliphatic heterocycles. The first kappa shape index (κ1) is 11.1. The SMILES string of the molecule is Cc1nc(CN(C)C(=O)c2c[nH]c(=O)[nH]2)n[nH]1. The Bertz CT molecular complexity index is 580. The molecule has 8 heteroatoms. The fourth-order valence-corrected chi connectivity index (χ4v) is 1.40. The number of H-pyrrole nitrogens is 3. The van der Waals surface area contributed by atoms with Crippen LogP contribution in [0.4, 0.5) is 0 Å². The number of hydrogen-bond acceptors (Lipinski definition) is 4. The van der Waals surface area contributed by atoms with Crippen LogP contribution in [0.2, 0.25) is 0 Å². The van der Waals surface area contributed by atoms with Gasteiger partial charge in [-0.25, -0.2) is 9.78 Å². The van der Waals surface area contributed by atoms with Gasteiger partial charge in [0, 0.05) is 13.2 Å². The molecule has 0 atom stereocenters. The van der Waals surface area contributed by atoms with Crippen molar-refractivity contribution < 1.29 is 4.79 Å². The first-order chi connectivity index (χ1) is 8.06. The zero-order valence-electron chi connectivity index (χ0n) is 9.44. The molecular formula is C9H12N6O2. The number of aromatic amines is 3. The minimum Gasteiger partial charge on any atom is -0.333 e. The summed E-state index contributed by atoms with van der Waals surface area (Å²) in [5.74, 6) is 0.915. The molecule has 3 N–H and O–H groups in total. The Morgan fingerprint density at radius 3 is 2.82 bits per heavy atom. The number of carbonyl (C=O) groups is 1. The van der Waals surface area contributed by atoms with Crippen molar-refractivity contribution in [1.82, 2.24) is 30.0 Å². The van der Waals surface area contributed by atoms with Gasteiger partial charge in [-0.15, -0.1) is 0 Å². The van der Waals surface area contributed by atoms with Crippen molar-refractivity contribution in [2.45, 2.75) is 13.5 Å². The Balaban J connectivity index is 2.07. The number of carbonyl (C=O) groups excluding carboxylic acids is 1. The van der Waals surface area contributed by atoms with E-state index < -0.39 is 5.69 Å². The Labute approximate surface area is 96.1 Å². The molecule has 17 heavy (non-hydrogen) atoms. The molecule has 0 aromatic carbocycles. The highest BCUT2D eigenvalue weighted by atomic mass is 16.2. The average molecular weight is 236 g/mol. The minimum atomic E-state index is -0.407. The summed E-state index contributed by atoms with van der Waals surface area (Å²) in [7, 11) is 1.61. The maximum Gasteiger partial charge on any atom is 0.323 e. The van der Waals surface area contributed by atoms with E-state index in [-0.39, 0.29) is 18.1 Å². The molecule has 0 aliphatic carbocycles. The van der Waals surface area contributed by atoms with E-state index in [0.717, 1.165) is 0 Å². The summed E-state index contributed by atoms with van der Waals surface area (Å²) in [5, 5.41) is 6.62. The standard InChI is InChI=1S/C9H12N6O2/c1-5-11-7(14-13-5)4-15(2)8(16)6-3-10-9(17)12-6/h3H,4H2,1-2H3,(H2,10,12,17)(H,11,13,14). The molecule has 8 nitrogen and oxygen atoms in total. The van der Waals surface area contributed by atoms with Crippen LogP contribution in [0.1, 0.15) is 22.1 Å². The molecular weight excluding hydrogens is 224 g/mol. The van der Waals surface area contributed by atoms with Crippen LogP contribution in [-0.4, -0.2) is 43.0 Å². The largest absolute Gasteiger partial charge is 0.333 e. The van der Waals surface area contributed by atoms with Crippen LogP contribution in [-0.2, 0) is 6.54 Å². The Hall–Kier alpha value is -2.38. The maximum absolute atomic E-state index is 11.8. The van der Waals surface area contributed by atoms with Crippen molar-refractivity contribution in [3.05, 3.63) is 34.0 Å². The lowest BCUT2D eigenvalue weighted by Gasteiger charge is -2.13. The van der Waals surface area contributed by atoms with Crippen LogP contribution in [0, 0.1) is 6.92 Å². The lowest BCUT2D eigenvalue weighted by atomic mass is 10.4. The van der Waals surface area contributed by atoms with Gasteiger partial charge >= 0.3 is 5.69 Å². The fraction of sp³-hybridized carbons (Fsp3) is 0.333. The van der Waals surface area contributed by atoms with Gasteiger partial charge < -0.3 is 14.9 Å². The lowest BCUT2D eigenvalue weighted by molar-refractivity contribution is 0.0776. The zero-order chi connectivity index (χ0) is 12.4. The quantitative estimate of drug-likeness (QED) is 0.660. The van der Waals surface area contributed by atoms with Crippen molar-refractivity contribution in [3.63, 3.8) is 0 Å². The van der Waals surface area contributed by atoms with Gasteiger partial charge in [0.2, 0.25) is 0 Å². The first-order valence-corrected chi connectivity index (χ1v) is 4.97. The summed E-state index contributed by atoms with van der Waals surface area (Å²) in [4.78, 5) is 33.0. The van der Waals surface area contributed by atoms with Gasteiger partial charge in [-0.1, -0.05) is 0 Å². The van der Waals surface area contributed by atoms with Gasteiger partial charge in [-0.2, -0.15) is 5.10 Å². The highest BCUT2D eigenvalue weighted by Crippen LogP contribution is 2.01. The summed E-state index contributed by atoms with van der Waals surface area (Å²) in [5.41, 5.74) is -0.194. The molecule has 0 saturated heterocycles. The van der Waals surface area contributed by atoms with Gasteiger partial charge in [-0.3, -0.25) is 9.89 Å². The van der Waals surface area contributed by atoms with E-state index in [4.69, 9.17) is 0 Å². The predicted molar refractivity (Wildman–Crippen MR) is 58.3 cm³/mol. The summed E-state index contributed by atoms with van der Waals surface area (Å²) >= 11 is 0. The molecule has 0 bridgehead atoms. The highest BCUT2D eigenvalue weighted by molar-refractivity contribution is 5.91. The summed E-state index contributed by atoms with van der Waals surface area (Å²) in [6.45, 7) is 2.05. The number of nitrogens with one attached hydrogen (secondary N) is 3. The van der Waals surface area contributed by atoms with E-state index in [9.17, 15) is 9.59 Å². The number of rotatable bonds is 3. The molecule has 0 radical (unpaired) electrons. The molecule has 0 unspecified atom stereocenters. The molecule has 1 amide bonds. The summed E-state index contributed by atoms with van der Waals surface area (Å²) < 4.78 is 0. The van der Waals surface area contributed by atoms with Crippen molar-refractivity contribution >= 4 is 5.91 Å². The molecule has 2 heterocycles. The van der Waals surface area contributed by atoms with Gasteiger partial charge in [0.1, 0.15) is 11.5 Å². The van der Waals surface area contributed by atoms with Crippen LogP contribution in [0.3, 0.4) is 0 Å². The first-order valence-electron chi connectivity index (χ1n) is 4.97. The molecule has 2 aromatic heterocycles. The van der Waals surface area contributed by atoms with Crippen LogP contribution < -0.4 is 5.69 Å². The van der Waals surface area contributed by atoms with Crippen molar-refractivity contribution in [2.75, 3.05) is 7.05 Å². The maximum atomic E-state index is 11.8. The summed E-state index contributed by atoms with van der Waals surface area (Å²) in [6, 6.07) is 0. The van der Waals surface area contributed by atoms with Gasteiger partial charge in [0.15, 0.2) is 5.82 Å². The second-order valence-corrected chi connectivity index (χ2v) is 3.65. The van der Waals surface area contributed by atoms with Crippen molar-refractivity contribution in [1.29, 1.82) is 0 Å². The number of amides is 1. The lowest BCUT2D eigenvalue weighted by Crippen LogP contribution is -2.27. The topological polar surface area (TPSA) is 111 Å². The third kappa shape index (κ3) is 2.41. The third-order valence-corrected chi connectivity index (χ3v) is 2.20. The fourth-order valence-electron chi connectivity index (χ4n) is 1.40. The van der Waals surface area contributed by atoms with Crippen molar-refractivity contribution in [3.8, 4) is 0 Å². The average Bonchev–Trinajstić information content (AvgIpc) is 2.87. The number of imidazole rings is 1. The number of hydrogen-bond donors (Lipinski definition) is 3. The molecule has 2 rings (SSSR count). The Kier molecular flexibility index (Phi) is 2.77. The second kappa shape index (κ2) is 4.24. The minimum absolute atomic E-state index is 0.213. The van der Waals surface area contributed by atoms with E-state index in [1.54, 1.807) is 14.0 Å².